The van der Waals surface area contributed by atoms with Crippen molar-refractivity contribution >= 4 is 12.2 Å². The molecule has 130 valence electrons. The molecule has 0 aliphatic rings. The first-order valence-electron chi connectivity index (χ1n) is 7.91. The Kier molecular flexibility index (Phi) is 7.69. The van der Waals surface area contributed by atoms with Gasteiger partial charge in [0.2, 0.25) is 0 Å². The number of hydrogen-bond acceptors (Lipinski definition) is 0. The predicted molar refractivity (Wildman–Crippen MR) is 91.7 cm³/mol. The number of unbranched alkanes of at least 4 members (excludes halogenated alkanes) is 1. The van der Waals surface area contributed by atoms with E-state index in [4.69, 9.17) is 0 Å². The molecule has 0 bridgehead atoms. The highest BCUT2D eigenvalue weighted by molar-refractivity contribution is 5.72. The third-order valence-electron chi connectivity index (χ3n) is 3.67. The molecule has 0 aliphatic heterocycles. The minimum atomic E-state index is -1.79. The second-order valence-corrected chi connectivity index (χ2v) is 5.48. The Morgan fingerprint density at radius 2 is 1.29 bits per heavy atom. The summed E-state index contributed by atoms with van der Waals surface area (Å²) in [6, 6.07) is 7.28. The lowest BCUT2D eigenvalue weighted by Crippen LogP contribution is -2.02. The average Bonchev–Trinajstić information content (AvgIpc) is 2.60. The molecular formula is C20H22F4. The second-order valence-electron chi connectivity index (χ2n) is 5.48. The quantitative estimate of drug-likeness (QED) is 0.249. The van der Waals surface area contributed by atoms with Gasteiger partial charge in [0.25, 0.3) is 0 Å². The van der Waals surface area contributed by atoms with Crippen LogP contribution < -0.4 is 0 Å². The Hall–Kier alpha value is -2.10. The zero-order valence-corrected chi connectivity index (χ0v) is 14.4. The zero-order chi connectivity index (χ0) is 18.3. The summed E-state index contributed by atoms with van der Waals surface area (Å²) in [7, 11) is 0. The van der Waals surface area contributed by atoms with Gasteiger partial charge in [0.05, 0.1) is 0 Å². The smallest absolute Gasteiger partial charge is 0.198 e. The molecule has 0 saturated carbocycles. The van der Waals surface area contributed by atoms with E-state index in [1.807, 2.05) is 19.1 Å². The van der Waals surface area contributed by atoms with E-state index in [1.165, 1.54) is 31.9 Å². The van der Waals surface area contributed by atoms with Crippen molar-refractivity contribution in [1.82, 2.24) is 0 Å². The molecule has 0 saturated heterocycles. The number of hydrogen-bond donors (Lipinski definition) is 0. The van der Waals surface area contributed by atoms with Crippen LogP contribution >= 0.6 is 0 Å². The fourth-order valence-electron chi connectivity index (χ4n) is 1.90. The van der Waals surface area contributed by atoms with Crippen molar-refractivity contribution in [3.8, 4) is 0 Å². The molecule has 0 aliphatic carbocycles. The van der Waals surface area contributed by atoms with Crippen LogP contribution in [0.15, 0.2) is 24.3 Å². The Labute approximate surface area is 140 Å². The third-order valence-corrected chi connectivity index (χ3v) is 3.67. The van der Waals surface area contributed by atoms with Gasteiger partial charge in [0.15, 0.2) is 23.3 Å². The van der Waals surface area contributed by atoms with Crippen LogP contribution in [-0.2, 0) is 0 Å². The van der Waals surface area contributed by atoms with Gasteiger partial charge in [0, 0.05) is 5.56 Å². The first-order chi connectivity index (χ1) is 11.3. The Bertz CT molecular complexity index is 687. The molecule has 0 fully saturated rings. The zero-order valence-electron chi connectivity index (χ0n) is 14.4. The third kappa shape index (κ3) is 4.70. The molecule has 0 atom stereocenters. The molecule has 0 heterocycles. The van der Waals surface area contributed by atoms with E-state index in [0.29, 0.717) is 0 Å². The van der Waals surface area contributed by atoms with Crippen LogP contribution in [0.25, 0.3) is 12.2 Å². The molecule has 0 aromatic heterocycles. The van der Waals surface area contributed by atoms with E-state index in [2.05, 4.69) is 13.8 Å². The molecule has 0 spiro atoms. The summed E-state index contributed by atoms with van der Waals surface area (Å²) in [4.78, 5) is 0. The van der Waals surface area contributed by atoms with Gasteiger partial charge >= 0.3 is 0 Å². The van der Waals surface area contributed by atoms with Gasteiger partial charge in [-0.2, -0.15) is 0 Å². The highest BCUT2D eigenvalue weighted by Gasteiger charge is 2.21. The van der Waals surface area contributed by atoms with Gasteiger partial charge in [-0.05, 0) is 30.5 Å². The Balaban J connectivity index is 0.000000648. The van der Waals surface area contributed by atoms with Crippen LogP contribution in [0.5, 0.6) is 0 Å². The maximum atomic E-state index is 13.7. The topological polar surface area (TPSA) is 0 Å². The molecule has 0 nitrogen and oxygen atoms in total. The fourth-order valence-corrected chi connectivity index (χ4v) is 1.90. The molecule has 0 radical (unpaired) electrons. The molecule has 4 heteroatoms. The van der Waals surface area contributed by atoms with Crippen LogP contribution in [0.3, 0.4) is 0 Å². The van der Waals surface area contributed by atoms with E-state index in [9.17, 15) is 17.6 Å². The first-order valence-corrected chi connectivity index (χ1v) is 7.91. The molecule has 0 amide bonds. The number of benzene rings is 2. The molecule has 24 heavy (non-hydrogen) atoms. The largest absolute Gasteiger partial charge is 0.203 e. The second kappa shape index (κ2) is 9.26. The highest BCUT2D eigenvalue weighted by atomic mass is 19.2. The average molecular weight is 338 g/mol. The SMILES string of the molecule is CCCC.Cc1ccccc1/C=C/c1c(C)c(F)c(F)c(F)c1F. The van der Waals surface area contributed by atoms with Crippen molar-refractivity contribution in [2.45, 2.75) is 40.5 Å². The lowest BCUT2D eigenvalue weighted by molar-refractivity contribution is 0.405. The number of rotatable bonds is 3. The summed E-state index contributed by atoms with van der Waals surface area (Å²) in [6.45, 7) is 7.42. The van der Waals surface area contributed by atoms with Crippen molar-refractivity contribution < 1.29 is 17.6 Å². The van der Waals surface area contributed by atoms with Crippen molar-refractivity contribution in [2.75, 3.05) is 0 Å². The summed E-state index contributed by atoms with van der Waals surface area (Å²) in [6.07, 6.45) is 5.43. The summed E-state index contributed by atoms with van der Waals surface area (Å²) in [5, 5.41) is 0. The molecule has 2 aromatic rings. The van der Waals surface area contributed by atoms with E-state index in [1.54, 1.807) is 12.1 Å². The first kappa shape index (κ1) is 19.9. The van der Waals surface area contributed by atoms with E-state index >= 15 is 0 Å². The number of aryl methyl sites for hydroxylation is 1. The maximum Gasteiger partial charge on any atom is 0.198 e. The summed E-state index contributed by atoms with van der Waals surface area (Å²) in [5.74, 6) is -6.33. The molecule has 2 aromatic carbocycles. The van der Waals surface area contributed by atoms with Gasteiger partial charge in [-0.15, -0.1) is 0 Å². The number of halogens is 4. The van der Waals surface area contributed by atoms with Crippen LogP contribution in [0.1, 0.15) is 48.9 Å². The van der Waals surface area contributed by atoms with Gasteiger partial charge in [0.1, 0.15) is 0 Å². The Morgan fingerprint density at radius 3 is 1.83 bits per heavy atom. The Morgan fingerprint density at radius 1 is 0.750 bits per heavy atom. The highest BCUT2D eigenvalue weighted by Crippen LogP contribution is 2.25. The molecular weight excluding hydrogens is 316 g/mol. The minimum absolute atomic E-state index is 0.258. The summed E-state index contributed by atoms with van der Waals surface area (Å²) >= 11 is 0. The van der Waals surface area contributed by atoms with Crippen molar-refractivity contribution in [2.24, 2.45) is 0 Å². The molecule has 2 rings (SSSR count). The lowest BCUT2D eigenvalue weighted by atomic mass is 10.0. The van der Waals surface area contributed by atoms with Crippen molar-refractivity contribution in [1.29, 1.82) is 0 Å². The lowest BCUT2D eigenvalue weighted by Gasteiger charge is -2.07. The van der Waals surface area contributed by atoms with Gasteiger partial charge in [-0.25, -0.2) is 17.6 Å². The standard InChI is InChI=1S/C16H12F4.C4H10/c1-9-5-3-4-6-11(9)7-8-12-10(2)13(17)15(19)16(20)14(12)18;1-3-4-2/h3-8H,1-2H3;3-4H2,1-2H3/b8-7+;. The van der Waals surface area contributed by atoms with Crippen molar-refractivity contribution in [3.05, 3.63) is 69.8 Å². The summed E-state index contributed by atoms with van der Waals surface area (Å²) in [5.41, 5.74) is 1.18. The maximum absolute atomic E-state index is 13.7. The normalized spacial score (nSPS) is 10.7. The molecule has 0 unspecified atom stereocenters. The van der Waals surface area contributed by atoms with Crippen molar-refractivity contribution in [3.63, 3.8) is 0 Å². The van der Waals surface area contributed by atoms with Gasteiger partial charge < -0.3 is 0 Å². The van der Waals surface area contributed by atoms with Crippen LogP contribution in [0.4, 0.5) is 17.6 Å². The molecule has 0 N–H and O–H groups in total. The van der Waals surface area contributed by atoms with Gasteiger partial charge in [-0.3, -0.25) is 0 Å². The fraction of sp³-hybridized carbons (Fsp3) is 0.300. The van der Waals surface area contributed by atoms with E-state index in [0.717, 1.165) is 11.1 Å². The minimum Gasteiger partial charge on any atom is -0.203 e. The van der Waals surface area contributed by atoms with E-state index in [-0.39, 0.29) is 11.1 Å². The monoisotopic (exact) mass is 338 g/mol. The predicted octanol–water partition coefficient (Wildman–Crippen LogP) is 6.84. The van der Waals surface area contributed by atoms with Crippen LogP contribution in [0.2, 0.25) is 0 Å². The van der Waals surface area contributed by atoms with Crippen LogP contribution in [0, 0.1) is 37.1 Å². The summed E-state index contributed by atoms with van der Waals surface area (Å²) < 4.78 is 53.4. The van der Waals surface area contributed by atoms with E-state index < -0.39 is 23.3 Å². The van der Waals surface area contributed by atoms with Crippen LogP contribution in [-0.4, -0.2) is 0 Å². The van der Waals surface area contributed by atoms with Gasteiger partial charge in [-0.1, -0.05) is 63.1 Å².